The van der Waals surface area contributed by atoms with Crippen LogP contribution in [-0.4, -0.2) is 46.7 Å². The first-order valence-corrected chi connectivity index (χ1v) is 6.60. The Kier molecular flexibility index (Phi) is 4.64. The Morgan fingerprint density at radius 1 is 1.56 bits per heavy atom. The molecule has 1 aliphatic rings. The summed E-state index contributed by atoms with van der Waals surface area (Å²) in [5.41, 5.74) is 0.622. The molecule has 0 saturated carbocycles. The lowest BCUT2D eigenvalue weighted by Crippen LogP contribution is -2.41. The van der Waals surface area contributed by atoms with Gasteiger partial charge in [-0.05, 0) is 31.9 Å². The second-order valence-electron chi connectivity index (χ2n) is 4.68. The molecular formula is C13H20N4O. The molecule has 1 N–H and O–H groups in total. The van der Waals surface area contributed by atoms with Gasteiger partial charge in [0.05, 0.1) is 18.0 Å². The fourth-order valence-electron chi connectivity index (χ4n) is 2.32. The normalized spacial score (nSPS) is 18.8. The lowest BCUT2D eigenvalue weighted by Gasteiger charge is -2.25. The number of rotatable bonds is 5. The molecule has 5 nitrogen and oxygen atoms in total. The summed E-state index contributed by atoms with van der Waals surface area (Å²) in [4.78, 5) is 14.3. The van der Waals surface area contributed by atoms with E-state index in [1.807, 2.05) is 4.90 Å². The fraction of sp³-hybridized carbons (Fsp3) is 0.615. The van der Waals surface area contributed by atoms with Gasteiger partial charge < -0.3 is 10.2 Å². The average Bonchev–Trinajstić information content (AvgIpc) is 2.91. The van der Waals surface area contributed by atoms with E-state index in [-0.39, 0.29) is 5.91 Å². The van der Waals surface area contributed by atoms with Crippen LogP contribution in [0.3, 0.4) is 0 Å². The summed E-state index contributed by atoms with van der Waals surface area (Å²) >= 11 is 0. The summed E-state index contributed by atoms with van der Waals surface area (Å²) in [5, 5.41) is 10.9. The number of aromatic nitrogens is 2. The molecule has 1 aliphatic heterocycles. The van der Waals surface area contributed by atoms with E-state index in [1.165, 1.54) is 12.6 Å². The molecule has 1 unspecified atom stereocenters. The van der Waals surface area contributed by atoms with Crippen molar-refractivity contribution in [1.82, 2.24) is 20.4 Å². The molecule has 0 spiro atoms. The Morgan fingerprint density at radius 2 is 2.44 bits per heavy atom. The predicted molar refractivity (Wildman–Crippen MR) is 69.3 cm³/mol. The van der Waals surface area contributed by atoms with Crippen LogP contribution in [0.5, 0.6) is 0 Å². The highest BCUT2D eigenvalue weighted by Crippen LogP contribution is 2.10. The van der Waals surface area contributed by atoms with Crippen LogP contribution in [0, 0.1) is 0 Å². The number of hydrogen-bond donors (Lipinski definition) is 1. The van der Waals surface area contributed by atoms with Crippen molar-refractivity contribution in [1.29, 1.82) is 0 Å². The molecular weight excluding hydrogens is 228 g/mol. The molecule has 1 fully saturated rings. The van der Waals surface area contributed by atoms with E-state index in [0.717, 1.165) is 32.5 Å². The number of nitrogens with zero attached hydrogens (tertiary/aromatic N) is 3. The van der Waals surface area contributed by atoms with Gasteiger partial charge in [-0.2, -0.15) is 10.2 Å². The second-order valence-corrected chi connectivity index (χ2v) is 4.68. The van der Waals surface area contributed by atoms with Gasteiger partial charge in [0, 0.05) is 19.1 Å². The summed E-state index contributed by atoms with van der Waals surface area (Å²) in [6.07, 6.45) is 6.42. The highest BCUT2D eigenvalue weighted by Gasteiger charge is 2.21. The molecule has 98 valence electrons. The van der Waals surface area contributed by atoms with E-state index in [1.54, 1.807) is 12.3 Å². The van der Waals surface area contributed by atoms with E-state index >= 15 is 0 Å². The average molecular weight is 248 g/mol. The minimum absolute atomic E-state index is 0.0560. The highest BCUT2D eigenvalue weighted by molar-refractivity contribution is 5.93. The van der Waals surface area contributed by atoms with Gasteiger partial charge in [-0.3, -0.25) is 4.79 Å². The molecule has 0 aliphatic carbocycles. The summed E-state index contributed by atoms with van der Waals surface area (Å²) < 4.78 is 0. The molecule has 2 heterocycles. The van der Waals surface area contributed by atoms with Crippen LogP contribution in [0.1, 0.15) is 36.5 Å². The van der Waals surface area contributed by atoms with Crippen LogP contribution in [0.25, 0.3) is 0 Å². The van der Waals surface area contributed by atoms with Gasteiger partial charge in [0.25, 0.3) is 5.91 Å². The monoisotopic (exact) mass is 248 g/mol. The Balaban J connectivity index is 2.02. The zero-order valence-corrected chi connectivity index (χ0v) is 10.8. The molecule has 5 heteroatoms. The molecule has 0 aromatic carbocycles. The quantitative estimate of drug-likeness (QED) is 0.847. The van der Waals surface area contributed by atoms with Crippen molar-refractivity contribution >= 4 is 5.91 Å². The molecule has 18 heavy (non-hydrogen) atoms. The van der Waals surface area contributed by atoms with E-state index in [9.17, 15) is 4.79 Å². The molecule has 2 rings (SSSR count). The number of amides is 1. The third-order valence-corrected chi connectivity index (χ3v) is 3.22. The maximum atomic E-state index is 12.4. The van der Waals surface area contributed by atoms with Gasteiger partial charge >= 0.3 is 0 Å². The van der Waals surface area contributed by atoms with Crippen molar-refractivity contribution in [2.24, 2.45) is 0 Å². The Labute approximate surface area is 108 Å². The lowest BCUT2D eigenvalue weighted by molar-refractivity contribution is 0.0741. The first kappa shape index (κ1) is 13.0. The topological polar surface area (TPSA) is 58.1 Å². The smallest absolute Gasteiger partial charge is 0.255 e. The lowest BCUT2D eigenvalue weighted by atomic mass is 10.2. The molecule has 1 aromatic rings. The van der Waals surface area contributed by atoms with E-state index in [4.69, 9.17) is 0 Å². The van der Waals surface area contributed by atoms with Gasteiger partial charge in [0.1, 0.15) is 0 Å². The summed E-state index contributed by atoms with van der Waals surface area (Å²) in [5.74, 6) is 0.0560. The van der Waals surface area contributed by atoms with Crippen molar-refractivity contribution in [2.75, 3.05) is 19.6 Å². The van der Waals surface area contributed by atoms with E-state index in [2.05, 4.69) is 22.4 Å². The molecule has 1 atom stereocenters. The first-order valence-electron chi connectivity index (χ1n) is 6.60. The molecule has 1 amide bonds. The third-order valence-electron chi connectivity index (χ3n) is 3.22. The SMILES string of the molecule is CCCN(CC1CCCN1)C(=O)c1ccnnc1. The summed E-state index contributed by atoms with van der Waals surface area (Å²) in [7, 11) is 0. The van der Waals surface area contributed by atoms with Gasteiger partial charge in [-0.25, -0.2) is 0 Å². The van der Waals surface area contributed by atoms with E-state index < -0.39 is 0 Å². The molecule has 0 radical (unpaired) electrons. The minimum Gasteiger partial charge on any atom is -0.337 e. The van der Waals surface area contributed by atoms with Crippen molar-refractivity contribution in [3.8, 4) is 0 Å². The Hall–Kier alpha value is -1.49. The fourth-order valence-corrected chi connectivity index (χ4v) is 2.32. The van der Waals surface area contributed by atoms with Crippen molar-refractivity contribution in [3.63, 3.8) is 0 Å². The molecule has 1 aromatic heterocycles. The van der Waals surface area contributed by atoms with Crippen LogP contribution >= 0.6 is 0 Å². The van der Waals surface area contributed by atoms with Gasteiger partial charge in [0.2, 0.25) is 0 Å². The number of carbonyl (C=O) groups excluding carboxylic acids is 1. The largest absolute Gasteiger partial charge is 0.337 e. The highest BCUT2D eigenvalue weighted by atomic mass is 16.2. The van der Waals surface area contributed by atoms with Crippen LogP contribution in [0.2, 0.25) is 0 Å². The Bertz CT molecular complexity index is 376. The zero-order chi connectivity index (χ0) is 12.8. The second kappa shape index (κ2) is 6.44. The first-order chi connectivity index (χ1) is 8.81. The number of hydrogen-bond acceptors (Lipinski definition) is 4. The minimum atomic E-state index is 0.0560. The van der Waals surface area contributed by atoms with Crippen molar-refractivity contribution in [2.45, 2.75) is 32.2 Å². The standard InChI is InChI=1S/C13H20N4O/c1-2-8-17(10-12-4-3-6-14-12)13(18)11-5-7-15-16-9-11/h5,7,9,12,14H,2-4,6,8,10H2,1H3. The zero-order valence-electron chi connectivity index (χ0n) is 10.8. The van der Waals surface area contributed by atoms with Crippen LogP contribution in [0.4, 0.5) is 0 Å². The van der Waals surface area contributed by atoms with Crippen LogP contribution in [0.15, 0.2) is 18.5 Å². The van der Waals surface area contributed by atoms with Crippen LogP contribution in [-0.2, 0) is 0 Å². The van der Waals surface area contributed by atoms with Crippen molar-refractivity contribution in [3.05, 3.63) is 24.0 Å². The van der Waals surface area contributed by atoms with Crippen LogP contribution < -0.4 is 5.32 Å². The van der Waals surface area contributed by atoms with Gasteiger partial charge in [-0.1, -0.05) is 6.92 Å². The van der Waals surface area contributed by atoms with Crippen molar-refractivity contribution < 1.29 is 4.79 Å². The van der Waals surface area contributed by atoms with Gasteiger partial charge in [0.15, 0.2) is 0 Å². The molecule has 0 bridgehead atoms. The van der Waals surface area contributed by atoms with Gasteiger partial charge in [-0.15, -0.1) is 0 Å². The summed E-state index contributed by atoms with van der Waals surface area (Å²) in [6, 6.07) is 2.16. The predicted octanol–water partition coefficient (Wildman–Crippen LogP) is 1.08. The summed E-state index contributed by atoms with van der Waals surface area (Å²) in [6.45, 7) is 4.73. The van der Waals surface area contributed by atoms with E-state index in [0.29, 0.717) is 11.6 Å². The number of nitrogens with one attached hydrogen (secondary N) is 1. The number of carbonyl (C=O) groups is 1. The maximum Gasteiger partial charge on any atom is 0.255 e. The maximum absolute atomic E-state index is 12.4. The Morgan fingerprint density at radius 3 is 3.06 bits per heavy atom. The third kappa shape index (κ3) is 3.26. The molecule has 1 saturated heterocycles.